The minimum atomic E-state index is -4.06. The van der Waals surface area contributed by atoms with Gasteiger partial charge in [-0.3, -0.25) is 9.59 Å². The number of hydrogen-bond donors (Lipinski definition) is 2. The van der Waals surface area contributed by atoms with E-state index in [1.807, 2.05) is 6.92 Å². The van der Waals surface area contributed by atoms with E-state index in [2.05, 4.69) is 9.93 Å². The number of hydrazone groups is 1. The predicted octanol–water partition coefficient (Wildman–Crippen LogP) is 2.93. The van der Waals surface area contributed by atoms with Crippen LogP contribution in [-0.4, -0.2) is 50.0 Å². The van der Waals surface area contributed by atoms with E-state index in [0.717, 1.165) is 5.56 Å². The SMILES string of the molecule is CCOC(=O)[C@H]1/C(=N\NS(=O)(=O)c2ccc(C)cc2)C[C@](C)(O)[C@@H](C(=O)OCC)[C@@H]1c1ccccc1. The fourth-order valence-corrected chi connectivity index (χ4v) is 5.42. The molecule has 0 unspecified atom stereocenters. The van der Waals surface area contributed by atoms with Crippen molar-refractivity contribution in [1.29, 1.82) is 0 Å². The molecule has 194 valence electrons. The Bertz CT molecular complexity index is 1210. The summed E-state index contributed by atoms with van der Waals surface area (Å²) in [6.45, 7) is 6.75. The van der Waals surface area contributed by atoms with Crippen molar-refractivity contribution in [1.82, 2.24) is 4.83 Å². The normalized spacial score (nSPS) is 25.2. The first-order chi connectivity index (χ1) is 17.0. The molecule has 0 aliphatic heterocycles. The third-order valence-corrected chi connectivity index (χ3v) is 7.42. The lowest BCUT2D eigenvalue weighted by molar-refractivity contribution is -0.163. The van der Waals surface area contributed by atoms with Crippen molar-refractivity contribution in [2.75, 3.05) is 13.2 Å². The van der Waals surface area contributed by atoms with Crippen molar-refractivity contribution in [3.05, 3.63) is 65.7 Å². The van der Waals surface area contributed by atoms with E-state index in [1.165, 1.54) is 19.1 Å². The number of ether oxygens (including phenoxy) is 2. The zero-order chi connectivity index (χ0) is 26.5. The van der Waals surface area contributed by atoms with Gasteiger partial charge in [-0.25, -0.2) is 4.83 Å². The van der Waals surface area contributed by atoms with Crippen molar-refractivity contribution in [2.24, 2.45) is 16.9 Å². The molecular formula is C26H32N2O7S. The maximum absolute atomic E-state index is 13.2. The molecule has 4 atom stereocenters. The molecule has 0 saturated heterocycles. The second kappa shape index (κ2) is 11.2. The molecule has 3 rings (SSSR count). The van der Waals surface area contributed by atoms with Crippen LogP contribution in [-0.2, 0) is 29.1 Å². The molecule has 10 heteroatoms. The Morgan fingerprint density at radius 1 is 1.03 bits per heavy atom. The smallest absolute Gasteiger partial charge is 0.315 e. The topological polar surface area (TPSA) is 131 Å². The van der Waals surface area contributed by atoms with E-state index < -0.39 is 45.3 Å². The fourth-order valence-electron chi connectivity index (χ4n) is 4.58. The number of nitrogens with zero attached hydrogens (tertiary/aromatic N) is 1. The summed E-state index contributed by atoms with van der Waals surface area (Å²) < 4.78 is 36.4. The van der Waals surface area contributed by atoms with Crippen LogP contribution in [0.3, 0.4) is 0 Å². The van der Waals surface area contributed by atoms with E-state index in [9.17, 15) is 23.1 Å². The van der Waals surface area contributed by atoms with Gasteiger partial charge < -0.3 is 14.6 Å². The number of carbonyl (C=O) groups is 2. The quantitative estimate of drug-likeness (QED) is 0.407. The van der Waals surface area contributed by atoms with E-state index in [-0.39, 0.29) is 30.2 Å². The Labute approximate surface area is 211 Å². The Morgan fingerprint density at radius 2 is 1.61 bits per heavy atom. The van der Waals surface area contributed by atoms with Crippen LogP contribution in [0, 0.1) is 18.8 Å². The Morgan fingerprint density at radius 3 is 2.19 bits per heavy atom. The maximum atomic E-state index is 13.2. The molecule has 1 aliphatic carbocycles. The highest BCUT2D eigenvalue weighted by atomic mass is 32.2. The van der Waals surface area contributed by atoms with Gasteiger partial charge in [-0.05, 0) is 45.4 Å². The Hall–Kier alpha value is -3.24. The van der Waals surface area contributed by atoms with E-state index >= 15 is 0 Å². The number of carbonyl (C=O) groups excluding carboxylic acids is 2. The first-order valence-electron chi connectivity index (χ1n) is 11.8. The molecule has 2 aromatic carbocycles. The third kappa shape index (κ3) is 5.93. The molecule has 0 aromatic heterocycles. The molecule has 1 saturated carbocycles. The van der Waals surface area contributed by atoms with Gasteiger partial charge in [-0.1, -0.05) is 48.0 Å². The molecule has 0 radical (unpaired) electrons. The summed E-state index contributed by atoms with van der Waals surface area (Å²) in [5.74, 6) is -4.50. The highest BCUT2D eigenvalue weighted by Gasteiger charge is 2.56. The lowest BCUT2D eigenvalue weighted by atomic mass is 9.61. The van der Waals surface area contributed by atoms with E-state index in [1.54, 1.807) is 56.3 Å². The molecule has 0 heterocycles. The van der Waals surface area contributed by atoms with Gasteiger partial charge in [0, 0.05) is 12.3 Å². The van der Waals surface area contributed by atoms with Gasteiger partial charge >= 0.3 is 11.9 Å². The fraction of sp³-hybridized carbons (Fsp3) is 0.423. The number of benzene rings is 2. The monoisotopic (exact) mass is 516 g/mol. The minimum Gasteiger partial charge on any atom is -0.466 e. The number of rotatable bonds is 8. The van der Waals surface area contributed by atoms with Crippen LogP contribution in [0.25, 0.3) is 0 Å². The van der Waals surface area contributed by atoms with Gasteiger partial charge in [0.2, 0.25) is 0 Å². The standard InChI is InChI=1S/C26H32N2O7S/c1-5-34-24(29)22-20(27-28-36(32,33)19-14-12-17(3)13-15-19)16-26(4,31)23(25(30)35-6-2)21(22)18-10-8-7-9-11-18/h7-15,21-23,28,31H,5-6,16H2,1-4H3/b27-20-/t21-,22+,23-,26+/m1/s1. The Kier molecular flexibility index (Phi) is 8.52. The van der Waals surface area contributed by atoms with Gasteiger partial charge in [0.1, 0.15) is 5.92 Å². The molecule has 0 spiro atoms. The van der Waals surface area contributed by atoms with Crippen molar-refractivity contribution in [2.45, 2.75) is 50.5 Å². The summed E-state index contributed by atoms with van der Waals surface area (Å²) in [7, 11) is -4.06. The largest absolute Gasteiger partial charge is 0.466 e. The molecule has 0 bridgehead atoms. The molecule has 36 heavy (non-hydrogen) atoms. The highest BCUT2D eigenvalue weighted by molar-refractivity contribution is 7.89. The summed E-state index contributed by atoms with van der Waals surface area (Å²) in [5.41, 5.74) is -0.156. The molecule has 1 fully saturated rings. The van der Waals surface area contributed by atoms with Crippen LogP contribution in [0.15, 0.2) is 64.6 Å². The summed E-state index contributed by atoms with van der Waals surface area (Å²) in [5, 5.41) is 15.5. The predicted molar refractivity (Wildman–Crippen MR) is 134 cm³/mol. The van der Waals surface area contributed by atoms with E-state index in [0.29, 0.717) is 5.56 Å². The van der Waals surface area contributed by atoms with Gasteiger partial charge in [-0.15, -0.1) is 0 Å². The lowest BCUT2D eigenvalue weighted by Crippen LogP contribution is -2.55. The second-order valence-electron chi connectivity index (χ2n) is 8.94. The first-order valence-corrected chi connectivity index (χ1v) is 13.3. The highest BCUT2D eigenvalue weighted by Crippen LogP contribution is 2.47. The molecular weight excluding hydrogens is 484 g/mol. The summed E-state index contributed by atoms with van der Waals surface area (Å²) >= 11 is 0. The molecule has 1 aliphatic rings. The number of esters is 2. The number of aryl methyl sites for hydroxylation is 1. The van der Waals surface area contributed by atoms with Crippen LogP contribution < -0.4 is 4.83 Å². The summed E-state index contributed by atoms with van der Waals surface area (Å²) in [6, 6.07) is 15.0. The van der Waals surface area contributed by atoms with Crippen molar-refractivity contribution in [3.63, 3.8) is 0 Å². The van der Waals surface area contributed by atoms with E-state index in [4.69, 9.17) is 9.47 Å². The zero-order valence-corrected chi connectivity index (χ0v) is 21.6. The molecule has 2 N–H and O–H groups in total. The number of aliphatic hydroxyl groups is 1. The molecule has 9 nitrogen and oxygen atoms in total. The average molecular weight is 517 g/mol. The number of sulfonamides is 1. The molecule has 0 amide bonds. The van der Waals surface area contributed by atoms with Crippen molar-refractivity contribution in [3.8, 4) is 0 Å². The van der Waals surface area contributed by atoms with Gasteiger partial charge in [-0.2, -0.15) is 13.5 Å². The van der Waals surface area contributed by atoms with Crippen LogP contribution in [0.5, 0.6) is 0 Å². The van der Waals surface area contributed by atoms with Gasteiger partial charge in [0.25, 0.3) is 10.0 Å². The van der Waals surface area contributed by atoms with Crippen LogP contribution >= 0.6 is 0 Å². The number of hydrogen-bond acceptors (Lipinski definition) is 8. The molecule has 2 aromatic rings. The van der Waals surface area contributed by atoms with Crippen molar-refractivity contribution >= 4 is 27.7 Å². The van der Waals surface area contributed by atoms with Gasteiger partial charge in [0.15, 0.2) is 0 Å². The zero-order valence-electron chi connectivity index (χ0n) is 20.8. The maximum Gasteiger partial charge on any atom is 0.315 e. The van der Waals surface area contributed by atoms with Crippen LogP contribution in [0.2, 0.25) is 0 Å². The van der Waals surface area contributed by atoms with Crippen LogP contribution in [0.1, 0.15) is 44.2 Å². The summed E-state index contributed by atoms with van der Waals surface area (Å²) in [6.07, 6.45) is -0.250. The second-order valence-corrected chi connectivity index (χ2v) is 10.6. The third-order valence-electron chi connectivity index (χ3n) is 6.19. The van der Waals surface area contributed by atoms with Crippen LogP contribution in [0.4, 0.5) is 0 Å². The average Bonchev–Trinajstić information content (AvgIpc) is 2.82. The summed E-state index contributed by atoms with van der Waals surface area (Å²) in [4.78, 5) is 28.5. The van der Waals surface area contributed by atoms with Crippen molar-refractivity contribution < 1.29 is 32.6 Å². The Balaban J connectivity index is 2.13. The van der Waals surface area contributed by atoms with Gasteiger partial charge in [0.05, 0.1) is 35.3 Å². The number of nitrogens with one attached hydrogen (secondary N) is 1. The lowest BCUT2D eigenvalue weighted by Gasteiger charge is -2.45. The first kappa shape index (κ1) is 27.3. The minimum absolute atomic E-state index is 0.00304.